The Morgan fingerprint density at radius 2 is 2.08 bits per heavy atom. The van der Waals surface area contributed by atoms with Gasteiger partial charge in [0.05, 0.1) is 11.2 Å². The molecular formula is C10H11NO. The molecule has 0 radical (unpaired) electrons. The van der Waals surface area contributed by atoms with Crippen LogP contribution in [0.3, 0.4) is 0 Å². The third kappa shape index (κ3) is 0.533. The van der Waals surface area contributed by atoms with Gasteiger partial charge in [0.15, 0.2) is 6.23 Å². The van der Waals surface area contributed by atoms with Gasteiger partial charge in [0.1, 0.15) is 5.75 Å². The molecule has 1 fully saturated rings. The Balaban J connectivity index is 2.11. The van der Waals surface area contributed by atoms with Crippen LogP contribution in [0.15, 0.2) is 24.3 Å². The van der Waals surface area contributed by atoms with Crippen LogP contribution in [0.4, 0.5) is 5.69 Å². The van der Waals surface area contributed by atoms with E-state index in [1.165, 1.54) is 5.69 Å². The lowest BCUT2D eigenvalue weighted by Gasteiger charge is -2.09. The van der Waals surface area contributed by atoms with Gasteiger partial charge < -0.3 is 9.64 Å². The first-order valence-electron chi connectivity index (χ1n) is 4.26. The molecule has 2 aliphatic rings. The highest BCUT2D eigenvalue weighted by molar-refractivity contribution is 5.71. The van der Waals surface area contributed by atoms with E-state index in [2.05, 4.69) is 30.9 Å². The predicted molar refractivity (Wildman–Crippen MR) is 47.4 cm³/mol. The quantitative estimate of drug-likeness (QED) is 0.539. The Morgan fingerprint density at radius 3 is 2.92 bits per heavy atom. The molecule has 1 aromatic carbocycles. The molecule has 0 aliphatic carbocycles. The topological polar surface area (TPSA) is 12.2 Å². The van der Waals surface area contributed by atoms with E-state index < -0.39 is 0 Å². The second-order valence-corrected chi connectivity index (χ2v) is 3.96. The van der Waals surface area contributed by atoms with Crippen LogP contribution < -0.4 is 9.64 Å². The molecule has 2 heteroatoms. The summed E-state index contributed by atoms with van der Waals surface area (Å²) >= 11 is 0. The Kier molecular flexibility index (Phi) is 0.849. The standard InChI is InChI=1S/C10H11NO/c1-10(2)9-11(10)7-5-3-4-6-8(7)12-9/h3-6,9H,1-2H3. The van der Waals surface area contributed by atoms with Gasteiger partial charge >= 0.3 is 0 Å². The molecule has 1 atom stereocenters. The average molecular weight is 161 g/mol. The van der Waals surface area contributed by atoms with Gasteiger partial charge in [0, 0.05) is 0 Å². The van der Waals surface area contributed by atoms with E-state index in [-0.39, 0.29) is 11.8 Å². The van der Waals surface area contributed by atoms with Crippen LogP contribution in [0.5, 0.6) is 5.75 Å². The van der Waals surface area contributed by atoms with E-state index in [1.807, 2.05) is 12.1 Å². The molecule has 0 spiro atoms. The highest BCUT2D eigenvalue weighted by Crippen LogP contribution is 2.54. The van der Waals surface area contributed by atoms with Crippen molar-refractivity contribution < 1.29 is 4.74 Å². The van der Waals surface area contributed by atoms with Crippen molar-refractivity contribution in [3.05, 3.63) is 24.3 Å². The number of hydrogen-bond donors (Lipinski definition) is 0. The van der Waals surface area contributed by atoms with E-state index in [9.17, 15) is 0 Å². The van der Waals surface area contributed by atoms with E-state index in [0.717, 1.165) is 5.75 Å². The summed E-state index contributed by atoms with van der Waals surface area (Å²) in [4.78, 5) is 2.31. The van der Waals surface area contributed by atoms with E-state index in [4.69, 9.17) is 4.74 Å². The summed E-state index contributed by atoms with van der Waals surface area (Å²) in [5.74, 6) is 1.03. The van der Waals surface area contributed by atoms with Crippen molar-refractivity contribution in [2.24, 2.45) is 0 Å². The minimum atomic E-state index is 0.217. The second kappa shape index (κ2) is 1.60. The van der Waals surface area contributed by atoms with Crippen LogP contribution >= 0.6 is 0 Å². The molecule has 1 aromatic rings. The van der Waals surface area contributed by atoms with Gasteiger partial charge in [-0.2, -0.15) is 0 Å². The first-order chi connectivity index (χ1) is 5.71. The van der Waals surface area contributed by atoms with Gasteiger partial charge in [-0.25, -0.2) is 0 Å². The number of hydrogen-bond acceptors (Lipinski definition) is 2. The van der Waals surface area contributed by atoms with Gasteiger partial charge in [0.25, 0.3) is 0 Å². The van der Waals surface area contributed by atoms with Crippen LogP contribution in [0.1, 0.15) is 13.8 Å². The third-order valence-electron chi connectivity index (χ3n) is 2.76. The molecule has 0 amide bonds. The molecule has 2 heterocycles. The smallest absolute Gasteiger partial charge is 0.196 e. The van der Waals surface area contributed by atoms with Gasteiger partial charge in [-0.15, -0.1) is 0 Å². The van der Waals surface area contributed by atoms with Crippen molar-refractivity contribution in [2.75, 3.05) is 4.90 Å². The maximum Gasteiger partial charge on any atom is 0.196 e. The number of para-hydroxylation sites is 2. The van der Waals surface area contributed by atoms with Crippen molar-refractivity contribution in [1.29, 1.82) is 0 Å². The van der Waals surface area contributed by atoms with E-state index in [0.29, 0.717) is 0 Å². The normalized spacial score (nSPS) is 27.5. The molecule has 62 valence electrons. The molecule has 2 aliphatic heterocycles. The molecule has 12 heavy (non-hydrogen) atoms. The molecule has 1 saturated heterocycles. The summed E-state index contributed by atoms with van der Waals surface area (Å²) in [5.41, 5.74) is 1.46. The maximum atomic E-state index is 5.72. The van der Waals surface area contributed by atoms with Crippen molar-refractivity contribution in [1.82, 2.24) is 0 Å². The summed E-state index contributed by atoms with van der Waals surface area (Å²) in [6.45, 7) is 4.40. The molecule has 0 aromatic heterocycles. The summed E-state index contributed by atoms with van der Waals surface area (Å²) in [6, 6.07) is 8.21. The number of rotatable bonds is 0. The van der Waals surface area contributed by atoms with Crippen LogP contribution in [0.25, 0.3) is 0 Å². The number of anilines is 1. The molecule has 3 rings (SSSR count). The van der Waals surface area contributed by atoms with E-state index in [1.54, 1.807) is 0 Å². The Morgan fingerprint density at radius 1 is 1.33 bits per heavy atom. The van der Waals surface area contributed by atoms with Crippen LogP contribution in [0, 0.1) is 0 Å². The fraction of sp³-hybridized carbons (Fsp3) is 0.400. The second-order valence-electron chi connectivity index (χ2n) is 3.96. The van der Waals surface area contributed by atoms with Gasteiger partial charge in [-0.1, -0.05) is 12.1 Å². The summed E-state index contributed by atoms with van der Waals surface area (Å²) in [5, 5.41) is 0. The largest absolute Gasteiger partial charge is 0.466 e. The maximum absolute atomic E-state index is 5.72. The number of benzene rings is 1. The fourth-order valence-electron chi connectivity index (χ4n) is 1.96. The molecule has 0 saturated carbocycles. The summed E-state index contributed by atoms with van der Waals surface area (Å²) < 4.78 is 5.72. The molecule has 1 unspecified atom stereocenters. The fourth-order valence-corrected chi connectivity index (χ4v) is 1.96. The van der Waals surface area contributed by atoms with Gasteiger partial charge in [-0.05, 0) is 26.0 Å². The average Bonchev–Trinajstić information content (AvgIpc) is 2.46. The SMILES string of the molecule is CC1(C)C2Oc3ccccc3N21. The number of nitrogens with zero attached hydrogens (tertiary/aromatic N) is 1. The Hall–Kier alpha value is -1.18. The highest BCUT2D eigenvalue weighted by atomic mass is 16.5. The van der Waals surface area contributed by atoms with E-state index >= 15 is 0 Å². The number of fused-ring (bicyclic) bond motifs is 3. The lowest BCUT2D eigenvalue weighted by atomic mass is 10.2. The molecule has 0 N–H and O–H groups in total. The lowest BCUT2D eigenvalue weighted by Crippen LogP contribution is -2.12. The Bertz CT molecular complexity index is 345. The molecular weight excluding hydrogens is 150 g/mol. The number of ether oxygens (including phenoxy) is 1. The summed E-state index contributed by atoms with van der Waals surface area (Å²) in [6.07, 6.45) is 0.287. The van der Waals surface area contributed by atoms with Crippen LogP contribution in [-0.2, 0) is 0 Å². The van der Waals surface area contributed by atoms with Crippen molar-refractivity contribution in [3.63, 3.8) is 0 Å². The van der Waals surface area contributed by atoms with Gasteiger partial charge in [-0.3, -0.25) is 0 Å². The molecule has 0 bridgehead atoms. The zero-order valence-electron chi connectivity index (χ0n) is 7.24. The highest BCUT2D eigenvalue weighted by Gasteiger charge is 2.62. The first kappa shape index (κ1) is 6.35. The monoisotopic (exact) mass is 161 g/mol. The minimum Gasteiger partial charge on any atom is -0.466 e. The Labute approximate surface area is 71.8 Å². The van der Waals surface area contributed by atoms with Crippen molar-refractivity contribution >= 4 is 5.69 Å². The van der Waals surface area contributed by atoms with Crippen LogP contribution in [0.2, 0.25) is 0 Å². The summed E-state index contributed by atoms with van der Waals surface area (Å²) in [7, 11) is 0. The minimum absolute atomic E-state index is 0.217. The molecule has 2 nitrogen and oxygen atoms in total. The zero-order valence-corrected chi connectivity index (χ0v) is 7.24. The van der Waals surface area contributed by atoms with Gasteiger partial charge in [0.2, 0.25) is 0 Å². The lowest BCUT2D eigenvalue weighted by molar-refractivity contribution is 0.294. The zero-order chi connectivity index (χ0) is 8.34. The first-order valence-corrected chi connectivity index (χ1v) is 4.26. The third-order valence-corrected chi connectivity index (χ3v) is 2.76. The van der Waals surface area contributed by atoms with Crippen molar-refractivity contribution in [3.8, 4) is 5.75 Å². The van der Waals surface area contributed by atoms with Crippen LogP contribution in [-0.4, -0.2) is 11.8 Å². The van der Waals surface area contributed by atoms with Crippen molar-refractivity contribution in [2.45, 2.75) is 25.6 Å². The predicted octanol–water partition coefficient (Wildman–Crippen LogP) is 2.00.